The molecule has 6 nitrogen and oxygen atoms in total. The number of rotatable bonds is 8. The van der Waals surface area contributed by atoms with Crippen molar-refractivity contribution in [3.05, 3.63) is 72.0 Å². The number of benzene rings is 3. The van der Waals surface area contributed by atoms with Gasteiger partial charge in [0.2, 0.25) is 0 Å². The highest BCUT2D eigenvalue weighted by atomic mass is 19.1. The molecule has 0 spiro atoms. The first kappa shape index (κ1) is 21.1. The van der Waals surface area contributed by atoms with Crippen LogP contribution in [0.3, 0.4) is 0 Å². The van der Waals surface area contributed by atoms with E-state index in [1.165, 1.54) is 13.8 Å². The van der Waals surface area contributed by atoms with E-state index in [0.29, 0.717) is 16.5 Å². The minimum atomic E-state index is -1.53. The van der Waals surface area contributed by atoms with Crippen molar-refractivity contribution in [3.8, 4) is 11.5 Å². The minimum Gasteiger partial charge on any atom is -0.490 e. The van der Waals surface area contributed by atoms with Crippen LogP contribution in [0.25, 0.3) is 10.8 Å². The minimum absolute atomic E-state index is 0.0831. The average Bonchev–Trinajstić information content (AvgIpc) is 2.72. The quantitative estimate of drug-likeness (QED) is 0.547. The molecule has 3 aromatic carbocycles. The summed E-state index contributed by atoms with van der Waals surface area (Å²) < 4.78 is 26.0. The molecular weight excluding hydrogens is 389 g/mol. The van der Waals surface area contributed by atoms with Gasteiger partial charge < -0.3 is 19.9 Å². The summed E-state index contributed by atoms with van der Waals surface area (Å²) in [5.74, 6) is -1.72. The van der Waals surface area contributed by atoms with Crippen molar-refractivity contribution >= 4 is 22.6 Å². The van der Waals surface area contributed by atoms with Gasteiger partial charge in [-0.05, 0) is 32.0 Å². The molecule has 2 N–H and O–H groups in total. The summed E-state index contributed by atoms with van der Waals surface area (Å²) in [6.07, 6.45) is 0. The van der Waals surface area contributed by atoms with E-state index in [-0.39, 0.29) is 24.5 Å². The van der Waals surface area contributed by atoms with Gasteiger partial charge in [0.1, 0.15) is 36.1 Å². The second-order valence-corrected chi connectivity index (χ2v) is 7.17. The molecule has 0 bridgehead atoms. The van der Waals surface area contributed by atoms with Crippen LogP contribution < -0.4 is 14.8 Å². The molecule has 0 heterocycles. The number of halogens is 1. The molecule has 0 saturated heterocycles. The molecule has 30 heavy (non-hydrogen) atoms. The van der Waals surface area contributed by atoms with E-state index in [1.54, 1.807) is 36.4 Å². The number of amides is 1. The van der Waals surface area contributed by atoms with Gasteiger partial charge in [0.25, 0.3) is 5.91 Å². The molecule has 3 rings (SSSR count). The molecule has 156 valence electrons. The molecule has 7 heteroatoms. The van der Waals surface area contributed by atoms with Crippen molar-refractivity contribution < 1.29 is 28.6 Å². The van der Waals surface area contributed by atoms with E-state index in [4.69, 9.17) is 9.47 Å². The molecule has 0 saturated carbocycles. The first-order valence-electron chi connectivity index (χ1n) is 9.37. The number of carbonyl (C=O) groups excluding carboxylic acids is 1. The Morgan fingerprint density at radius 2 is 1.57 bits per heavy atom. The van der Waals surface area contributed by atoms with Crippen LogP contribution in [-0.4, -0.2) is 35.7 Å². The molecule has 3 aromatic rings. The topological polar surface area (TPSA) is 84.9 Å². The van der Waals surface area contributed by atoms with Gasteiger partial charge in [0, 0.05) is 10.8 Å². The largest absolute Gasteiger partial charge is 0.490 e. The normalized spacial score (nSPS) is 11.2. The number of fused-ring (bicyclic) bond motifs is 1. The fourth-order valence-corrected chi connectivity index (χ4v) is 2.85. The number of aliphatic carboxylic acids is 1. The highest BCUT2D eigenvalue weighted by Gasteiger charge is 2.31. The molecule has 0 radical (unpaired) electrons. The summed E-state index contributed by atoms with van der Waals surface area (Å²) in [5, 5.41) is 12.4. The summed E-state index contributed by atoms with van der Waals surface area (Å²) in [6, 6.07) is 16.8. The second-order valence-electron chi connectivity index (χ2n) is 7.17. The molecule has 0 aliphatic carbocycles. The summed E-state index contributed by atoms with van der Waals surface area (Å²) >= 11 is 0. The Morgan fingerprint density at radius 3 is 2.23 bits per heavy atom. The Bertz CT molecular complexity index is 1070. The summed E-state index contributed by atoms with van der Waals surface area (Å²) in [7, 11) is 0. The lowest BCUT2D eigenvalue weighted by atomic mass is 10.0. The van der Waals surface area contributed by atoms with E-state index < -0.39 is 23.2 Å². The smallest absolute Gasteiger partial charge is 0.328 e. The standard InChI is InChI=1S/C23H22FNO5/c1-23(2,22(27)28)25-21(26)18-14-19(24)16-10-6-7-11-17(16)20(18)30-13-12-29-15-8-4-3-5-9-15/h3-11,14H,12-13H2,1-2H3,(H,25,26)(H,27,28). The highest BCUT2D eigenvalue weighted by molar-refractivity contribution is 6.05. The Balaban J connectivity index is 1.88. The molecule has 0 aliphatic rings. The molecular formula is C23H22FNO5. The monoisotopic (exact) mass is 411 g/mol. The molecule has 0 atom stereocenters. The van der Waals surface area contributed by atoms with Crippen molar-refractivity contribution in [2.45, 2.75) is 19.4 Å². The van der Waals surface area contributed by atoms with Gasteiger partial charge in [0.05, 0.1) is 5.56 Å². The van der Waals surface area contributed by atoms with Crippen molar-refractivity contribution in [2.75, 3.05) is 13.2 Å². The van der Waals surface area contributed by atoms with Gasteiger partial charge in [-0.15, -0.1) is 0 Å². The van der Waals surface area contributed by atoms with Gasteiger partial charge in [-0.25, -0.2) is 9.18 Å². The maximum Gasteiger partial charge on any atom is 0.328 e. The third-order valence-corrected chi connectivity index (χ3v) is 4.49. The third-order valence-electron chi connectivity index (χ3n) is 4.49. The highest BCUT2D eigenvalue weighted by Crippen LogP contribution is 2.32. The molecule has 0 unspecified atom stereocenters. The Kier molecular flexibility index (Phi) is 6.20. The fourth-order valence-electron chi connectivity index (χ4n) is 2.85. The second kappa shape index (κ2) is 8.82. The third kappa shape index (κ3) is 4.68. The number of ether oxygens (including phenoxy) is 2. The first-order chi connectivity index (χ1) is 14.3. The fraction of sp³-hybridized carbons (Fsp3) is 0.217. The summed E-state index contributed by atoms with van der Waals surface area (Å²) in [6.45, 7) is 3.00. The number of carboxylic acid groups (broad SMARTS) is 1. The Hall–Kier alpha value is -3.61. The van der Waals surface area contributed by atoms with Crippen LogP contribution in [0.1, 0.15) is 24.2 Å². The molecule has 0 aromatic heterocycles. The average molecular weight is 411 g/mol. The van der Waals surface area contributed by atoms with E-state index in [1.807, 2.05) is 18.2 Å². The van der Waals surface area contributed by atoms with Crippen LogP contribution in [0.2, 0.25) is 0 Å². The van der Waals surface area contributed by atoms with Crippen molar-refractivity contribution in [1.82, 2.24) is 5.32 Å². The van der Waals surface area contributed by atoms with Crippen LogP contribution in [0.15, 0.2) is 60.7 Å². The predicted molar refractivity (Wildman–Crippen MR) is 111 cm³/mol. The lowest BCUT2D eigenvalue weighted by Crippen LogP contribution is -2.49. The predicted octanol–water partition coefficient (Wildman–Crippen LogP) is 4.03. The lowest BCUT2D eigenvalue weighted by molar-refractivity contribution is -0.143. The number of hydrogen-bond donors (Lipinski definition) is 2. The summed E-state index contributed by atoms with van der Waals surface area (Å²) in [4.78, 5) is 24.1. The van der Waals surface area contributed by atoms with E-state index in [2.05, 4.69) is 5.32 Å². The Labute approximate surface area is 173 Å². The van der Waals surface area contributed by atoms with E-state index in [9.17, 15) is 19.1 Å². The zero-order chi connectivity index (χ0) is 21.7. The first-order valence-corrected chi connectivity index (χ1v) is 9.37. The van der Waals surface area contributed by atoms with Crippen LogP contribution in [-0.2, 0) is 4.79 Å². The van der Waals surface area contributed by atoms with Gasteiger partial charge in [0.15, 0.2) is 0 Å². The van der Waals surface area contributed by atoms with E-state index in [0.717, 1.165) is 6.07 Å². The van der Waals surface area contributed by atoms with Crippen molar-refractivity contribution in [1.29, 1.82) is 0 Å². The Morgan fingerprint density at radius 1 is 0.967 bits per heavy atom. The number of hydrogen-bond acceptors (Lipinski definition) is 4. The number of para-hydroxylation sites is 1. The van der Waals surface area contributed by atoms with Crippen molar-refractivity contribution in [2.24, 2.45) is 0 Å². The lowest BCUT2D eigenvalue weighted by Gasteiger charge is -2.22. The van der Waals surface area contributed by atoms with E-state index >= 15 is 0 Å². The zero-order valence-electron chi connectivity index (χ0n) is 16.6. The van der Waals surface area contributed by atoms with Crippen LogP contribution in [0.4, 0.5) is 4.39 Å². The van der Waals surface area contributed by atoms with Gasteiger partial charge in [-0.3, -0.25) is 4.79 Å². The van der Waals surface area contributed by atoms with Crippen LogP contribution in [0, 0.1) is 5.82 Å². The number of carbonyl (C=O) groups is 2. The number of carboxylic acids is 1. The maximum absolute atomic E-state index is 14.6. The van der Waals surface area contributed by atoms with Crippen LogP contribution in [0.5, 0.6) is 11.5 Å². The number of nitrogens with one attached hydrogen (secondary N) is 1. The maximum atomic E-state index is 14.6. The van der Waals surface area contributed by atoms with Crippen LogP contribution >= 0.6 is 0 Å². The van der Waals surface area contributed by atoms with Gasteiger partial charge in [-0.1, -0.05) is 42.5 Å². The van der Waals surface area contributed by atoms with Gasteiger partial charge >= 0.3 is 5.97 Å². The van der Waals surface area contributed by atoms with Crippen molar-refractivity contribution in [3.63, 3.8) is 0 Å². The van der Waals surface area contributed by atoms with Gasteiger partial charge in [-0.2, -0.15) is 0 Å². The SMILES string of the molecule is CC(C)(NC(=O)c1cc(F)c2ccccc2c1OCCOc1ccccc1)C(=O)O. The summed E-state index contributed by atoms with van der Waals surface area (Å²) in [5.41, 5.74) is -1.62. The molecule has 1 amide bonds. The zero-order valence-corrected chi connectivity index (χ0v) is 16.6. The molecule has 0 aliphatic heterocycles. The molecule has 0 fully saturated rings.